The Morgan fingerprint density at radius 2 is 1.62 bits per heavy atom. The van der Waals surface area contributed by atoms with Gasteiger partial charge in [-0.05, 0) is 68.5 Å². The molecule has 2 aromatic carbocycles. The molecule has 6 heteroatoms. The van der Waals surface area contributed by atoms with Crippen LogP contribution in [0.3, 0.4) is 0 Å². The molecular formula is C23H33N3O2S. The number of hydrogen-bond donors (Lipinski definition) is 2. The molecule has 29 heavy (non-hydrogen) atoms. The summed E-state index contributed by atoms with van der Waals surface area (Å²) in [6, 6.07) is 17.4. The van der Waals surface area contributed by atoms with Gasteiger partial charge in [-0.3, -0.25) is 0 Å². The maximum Gasteiger partial charge on any atom is 0.213 e. The van der Waals surface area contributed by atoms with Crippen LogP contribution >= 0.6 is 0 Å². The van der Waals surface area contributed by atoms with Crippen molar-refractivity contribution in [2.24, 2.45) is 0 Å². The van der Waals surface area contributed by atoms with Crippen molar-refractivity contribution in [2.75, 3.05) is 29.9 Å². The number of unbranched alkanes of at least 4 members (excludes halogenated alkanes) is 2. The number of benzene rings is 2. The second-order valence-corrected chi connectivity index (χ2v) is 10.3. The highest BCUT2D eigenvalue weighted by molar-refractivity contribution is 7.90. The van der Waals surface area contributed by atoms with Crippen LogP contribution in [0.2, 0.25) is 0 Å². The lowest BCUT2D eigenvalue weighted by Gasteiger charge is -2.30. The van der Waals surface area contributed by atoms with Gasteiger partial charge in [-0.15, -0.1) is 0 Å². The predicted molar refractivity (Wildman–Crippen MR) is 122 cm³/mol. The maximum atomic E-state index is 11.7. The summed E-state index contributed by atoms with van der Waals surface area (Å²) < 4.78 is 26.0. The van der Waals surface area contributed by atoms with Crippen LogP contribution in [0.1, 0.15) is 44.2 Å². The molecule has 0 saturated heterocycles. The van der Waals surface area contributed by atoms with Crippen LogP contribution in [0.15, 0.2) is 48.5 Å². The van der Waals surface area contributed by atoms with Crippen LogP contribution in [0.25, 0.3) is 0 Å². The van der Waals surface area contributed by atoms with Crippen LogP contribution in [0.4, 0.5) is 11.4 Å². The Kier molecular flexibility index (Phi) is 7.56. The van der Waals surface area contributed by atoms with Crippen molar-refractivity contribution in [2.45, 2.75) is 51.3 Å². The molecule has 0 atom stereocenters. The summed E-state index contributed by atoms with van der Waals surface area (Å²) >= 11 is 0. The summed E-state index contributed by atoms with van der Waals surface area (Å²) in [7, 11) is -3.13. The monoisotopic (exact) mass is 415 g/mol. The van der Waals surface area contributed by atoms with Crippen molar-refractivity contribution in [3.8, 4) is 0 Å². The molecule has 2 N–H and O–H groups in total. The summed E-state index contributed by atoms with van der Waals surface area (Å²) in [6.45, 7) is 6.85. The maximum absolute atomic E-state index is 11.7. The van der Waals surface area contributed by atoms with E-state index < -0.39 is 10.0 Å². The largest absolute Gasteiger partial charge is 0.385 e. The molecule has 0 unspecified atom stereocenters. The van der Waals surface area contributed by atoms with E-state index in [1.165, 1.54) is 16.8 Å². The zero-order valence-corrected chi connectivity index (χ0v) is 18.3. The molecule has 0 amide bonds. The van der Waals surface area contributed by atoms with Gasteiger partial charge >= 0.3 is 0 Å². The van der Waals surface area contributed by atoms with E-state index in [1.807, 2.05) is 0 Å². The number of sulfonamides is 1. The van der Waals surface area contributed by atoms with Crippen molar-refractivity contribution in [1.82, 2.24) is 4.72 Å². The molecule has 0 aliphatic carbocycles. The van der Waals surface area contributed by atoms with Crippen LogP contribution in [0, 0.1) is 0 Å². The van der Waals surface area contributed by atoms with Gasteiger partial charge in [0.25, 0.3) is 0 Å². The van der Waals surface area contributed by atoms with E-state index >= 15 is 0 Å². The third-order valence-corrected chi connectivity index (χ3v) is 7.32. The molecule has 3 rings (SSSR count). The number of anilines is 2. The second kappa shape index (κ2) is 10.1. The third-order valence-electron chi connectivity index (χ3n) is 5.47. The van der Waals surface area contributed by atoms with E-state index in [0.717, 1.165) is 51.0 Å². The van der Waals surface area contributed by atoms with Crippen molar-refractivity contribution >= 4 is 21.4 Å². The van der Waals surface area contributed by atoms with Gasteiger partial charge in [0, 0.05) is 37.6 Å². The normalized spacial score (nSPS) is 14.1. The first-order chi connectivity index (χ1) is 14.0. The smallest absolute Gasteiger partial charge is 0.213 e. The number of rotatable bonds is 10. The van der Waals surface area contributed by atoms with Crippen LogP contribution < -0.4 is 14.9 Å². The first-order valence-corrected chi connectivity index (χ1v) is 12.1. The van der Waals surface area contributed by atoms with Crippen LogP contribution in [0.5, 0.6) is 0 Å². The molecule has 1 aliphatic rings. The predicted octanol–water partition coefficient (Wildman–Crippen LogP) is 4.16. The van der Waals surface area contributed by atoms with Crippen LogP contribution in [-0.4, -0.2) is 33.3 Å². The van der Waals surface area contributed by atoms with Crippen molar-refractivity contribution < 1.29 is 8.42 Å². The van der Waals surface area contributed by atoms with Crippen molar-refractivity contribution in [1.29, 1.82) is 0 Å². The number of fused-ring (bicyclic) bond motifs is 1. The minimum Gasteiger partial charge on any atom is -0.385 e. The topological polar surface area (TPSA) is 61.4 Å². The van der Waals surface area contributed by atoms with Crippen molar-refractivity contribution in [3.63, 3.8) is 0 Å². The Hall–Kier alpha value is -2.05. The molecule has 158 valence electrons. The third kappa shape index (κ3) is 6.21. The lowest BCUT2D eigenvalue weighted by Crippen LogP contribution is -2.31. The number of nitrogens with zero attached hydrogens (tertiary/aromatic N) is 1. The molecule has 1 aliphatic heterocycles. The molecule has 5 nitrogen and oxygen atoms in total. The molecule has 0 bridgehead atoms. The van der Waals surface area contributed by atoms with E-state index in [1.54, 1.807) is 13.8 Å². The fourth-order valence-corrected chi connectivity index (χ4v) is 4.31. The van der Waals surface area contributed by atoms with E-state index in [9.17, 15) is 8.42 Å². The summed E-state index contributed by atoms with van der Waals surface area (Å²) in [5.41, 5.74) is 5.30. The lowest BCUT2D eigenvalue weighted by atomic mass is 9.99. The molecule has 0 radical (unpaired) electrons. The van der Waals surface area contributed by atoms with Gasteiger partial charge < -0.3 is 10.2 Å². The summed E-state index contributed by atoms with van der Waals surface area (Å²) in [5, 5.41) is 3.09. The SMILES string of the molecule is CC(C)S(=O)(=O)NCCCCCNc1ccc(N2CCc3ccccc3C2)cc1. The second-order valence-electron chi connectivity index (χ2n) is 7.96. The quantitative estimate of drug-likeness (QED) is 0.572. The number of nitrogens with one attached hydrogen (secondary N) is 2. The van der Waals surface area contributed by atoms with Crippen LogP contribution in [-0.2, 0) is 23.0 Å². The van der Waals surface area contributed by atoms with Gasteiger partial charge in [0.1, 0.15) is 0 Å². The fraction of sp³-hybridized carbons (Fsp3) is 0.478. The van der Waals surface area contributed by atoms with Gasteiger partial charge in [0.2, 0.25) is 10.0 Å². The molecular weight excluding hydrogens is 382 g/mol. The fourth-order valence-electron chi connectivity index (χ4n) is 3.55. The van der Waals surface area contributed by atoms with Gasteiger partial charge in [-0.25, -0.2) is 13.1 Å². The Bertz CT molecular complexity index is 879. The zero-order valence-electron chi connectivity index (χ0n) is 17.5. The average molecular weight is 416 g/mol. The Morgan fingerprint density at radius 3 is 2.34 bits per heavy atom. The molecule has 1 heterocycles. The molecule has 2 aromatic rings. The molecule has 0 spiro atoms. The zero-order chi connectivity index (χ0) is 20.7. The molecule has 0 aromatic heterocycles. The Labute approximate surface area is 175 Å². The molecule has 0 saturated carbocycles. The summed E-state index contributed by atoms with van der Waals surface area (Å²) in [6.07, 6.45) is 3.99. The average Bonchev–Trinajstić information content (AvgIpc) is 2.73. The van der Waals surface area contributed by atoms with E-state index in [4.69, 9.17) is 0 Å². The van der Waals surface area contributed by atoms with E-state index in [-0.39, 0.29) is 5.25 Å². The van der Waals surface area contributed by atoms with Crippen molar-refractivity contribution in [3.05, 3.63) is 59.7 Å². The minimum absolute atomic E-state index is 0.369. The number of hydrogen-bond acceptors (Lipinski definition) is 4. The van der Waals surface area contributed by atoms with E-state index in [2.05, 4.69) is 63.5 Å². The van der Waals surface area contributed by atoms with Gasteiger partial charge in [-0.2, -0.15) is 0 Å². The summed E-state index contributed by atoms with van der Waals surface area (Å²) in [5.74, 6) is 0. The first-order valence-electron chi connectivity index (χ1n) is 10.6. The van der Waals surface area contributed by atoms with Gasteiger partial charge in [0.15, 0.2) is 0 Å². The first kappa shape index (κ1) is 21.7. The highest BCUT2D eigenvalue weighted by Gasteiger charge is 2.16. The Balaban J connectivity index is 1.36. The standard InChI is InChI=1S/C23H33N3O2S/c1-19(2)29(27,28)25-16-7-3-6-15-24-22-10-12-23(13-11-22)26-17-14-20-8-4-5-9-21(20)18-26/h4-5,8-13,19,24-25H,3,6-7,14-18H2,1-2H3. The van der Waals surface area contributed by atoms with Gasteiger partial charge in [0.05, 0.1) is 5.25 Å². The van der Waals surface area contributed by atoms with E-state index in [0.29, 0.717) is 6.54 Å². The van der Waals surface area contributed by atoms with Gasteiger partial charge in [-0.1, -0.05) is 30.7 Å². The highest BCUT2D eigenvalue weighted by Crippen LogP contribution is 2.25. The summed E-state index contributed by atoms with van der Waals surface area (Å²) in [4.78, 5) is 2.43. The minimum atomic E-state index is -3.13. The lowest BCUT2D eigenvalue weighted by molar-refractivity contribution is 0.566. The highest BCUT2D eigenvalue weighted by atomic mass is 32.2. The molecule has 0 fully saturated rings. The Morgan fingerprint density at radius 1 is 0.931 bits per heavy atom.